The topological polar surface area (TPSA) is 32.3 Å². The fourth-order valence-electron chi connectivity index (χ4n) is 6.28. The van der Waals surface area contributed by atoms with Crippen molar-refractivity contribution in [1.29, 1.82) is 0 Å². The molecule has 0 heterocycles. The number of carbonyl (C=O) groups is 1. The van der Waals surface area contributed by atoms with Crippen molar-refractivity contribution in [1.82, 2.24) is 10.2 Å². The van der Waals surface area contributed by atoms with Gasteiger partial charge in [0.15, 0.2) is 0 Å². The van der Waals surface area contributed by atoms with Crippen molar-refractivity contribution in [3.05, 3.63) is 78.2 Å². The van der Waals surface area contributed by atoms with Gasteiger partial charge in [0.05, 0.1) is 11.7 Å². The van der Waals surface area contributed by atoms with Gasteiger partial charge in [0, 0.05) is 18.2 Å². The summed E-state index contributed by atoms with van der Waals surface area (Å²) in [5.41, 5.74) is 7.26. The van der Waals surface area contributed by atoms with Gasteiger partial charge in [-0.2, -0.15) is 0 Å². The molecule has 2 aliphatic rings. The highest BCUT2D eigenvalue weighted by atomic mass is 16.2. The molecule has 1 N–H and O–H groups in total. The van der Waals surface area contributed by atoms with E-state index < -0.39 is 0 Å². The monoisotopic (exact) mass is 484 g/mol. The highest BCUT2D eigenvalue weighted by Gasteiger charge is 2.39. The number of hydrogen-bond donors (Lipinski definition) is 1. The van der Waals surface area contributed by atoms with E-state index in [0.29, 0.717) is 5.92 Å². The van der Waals surface area contributed by atoms with E-state index in [-0.39, 0.29) is 18.0 Å². The molecule has 2 aromatic carbocycles. The van der Waals surface area contributed by atoms with Crippen LogP contribution in [0.2, 0.25) is 0 Å². The number of carbonyl (C=O) groups excluding carboxylic acids is 1. The average Bonchev–Trinajstić information content (AvgIpc) is 2.95. The maximum atomic E-state index is 14.7. The molecule has 2 aliphatic carbocycles. The Morgan fingerprint density at radius 3 is 2.25 bits per heavy atom. The number of benzene rings is 2. The van der Waals surface area contributed by atoms with Crippen LogP contribution in [0.3, 0.4) is 0 Å². The van der Waals surface area contributed by atoms with Gasteiger partial charge in [-0.3, -0.25) is 4.79 Å². The molecule has 2 fully saturated rings. The Morgan fingerprint density at radius 2 is 1.58 bits per heavy atom. The maximum Gasteiger partial charge on any atom is 0.255 e. The number of unbranched alkanes of at least 4 members (excludes halogenated alkanes) is 1. The van der Waals surface area contributed by atoms with Crippen LogP contribution in [0.1, 0.15) is 94.3 Å². The van der Waals surface area contributed by atoms with Crippen LogP contribution in [0.5, 0.6) is 0 Å². The largest absolute Gasteiger partial charge is 0.380 e. The van der Waals surface area contributed by atoms with Crippen LogP contribution in [0.4, 0.5) is 0 Å². The van der Waals surface area contributed by atoms with Crippen molar-refractivity contribution in [3.8, 4) is 11.1 Å². The van der Waals surface area contributed by atoms with Crippen molar-refractivity contribution in [2.24, 2.45) is 5.92 Å². The molecule has 3 heteroatoms. The number of nitrogens with one attached hydrogen (secondary N) is 1. The molecule has 0 saturated heterocycles. The van der Waals surface area contributed by atoms with E-state index in [4.69, 9.17) is 0 Å². The molecule has 0 bridgehead atoms. The second-order valence-electron chi connectivity index (χ2n) is 10.6. The first-order valence-electron chi connectivity index (χ1n) is 14.4. The maximum absolute atomic E-state index is 14.7. The Balaban J connectivity index is 1.78. The standard InChI is InChI=1S/C33H44N2O/c1-3-5-25-34-31(4-2)32(27-19-11-7-12-20-27)35(28-21-13-8-14-22-28)33(36)30-24-16-15-23-29(30)26-17-9-6-10-18-26/h6,9-10,15-18,23-24,27-28,32,34H,2-3,5,7-8,11-14,19-22,25H2,1H3. The van der Waals surface area contributed by atoms with Crippen LogP contribution in [0, 0.1) is 5.92 Å². The normalized spacial score (nSPS) is 17.7. The Hall–Kier alpha value is -2.77. The molecular weight excluding hydrogens is 440 g/mol. The van der Waals surface area contributed by atoms with Gasteiger partial charge in [0.2, 0.25) is 0 Å². The molecule has 2 saturated carbocycles. The van der Waals surface area contributed by atoms with Crippen LogP contribution >= 0.6 is 0 Å². The van der Waals surface area contributed by atoms with Crippen molar-refractivity contribution in [3.63, 3.8) is 0 Å². The summed E-state index contributed by atoms with van der Waals surface area (Å²) in [6, 6.07) is 18.8. The number of nitrogens with zero attached hydrogens (tertiary/aromatic N) is 1. The van der Waals surface area contributed by atoms with Gasteiger partial charge in [-0.25, -0.2) is 0 Å². The molecule has 1 unspecified atom stereocenters. The van der Waals surface area contributed by atoms with Crippen LogP contribution in [0.15, 0.2) is 72.6 Å². The summed E-state index contributed by atoms with van der Waals surface area (Å²) in [5, 5.41) is 3.69. The first kappa shape index (κ1) is 26.3. The summed E-state index contributed by atoms with van der Waals surface area (Å²) < 4.78 is 0. The quantitative estimate of drug-likeness (QED) is 0.273. The zero-order valence-electron chi connectivity index (χ0n) is 22.2. The van der Waals surface area contributed by atoms with Gasteiger partial charge in [-0.1, -0.05) is 107 Å². The number of hydrogen-bond acceptors (Lipinski definition) is 2. The summed E-state index contributed by atoms with van der Waals surface area (Å²) >= 11 is 0. The molecule has 2 aromatic rings. The molecule has 1 atom stereocenters. The van der Waals surface area contributed by atoms with Gasteiger partial charge < -0.3 is 10.2 Å². The molecule has 36 heavy (non-hydrogen) atoms. The predicted octanol–water partition coefficient (Wildman–Crippen LogP) is 8.14. The van der Waals surface area contributed by atoms with Gasteiger partial charge in [0.1, 0.15) is 0 Å². The molecule has 1 amide bonds. The number of rotatable bonds is 10. The smallest absolute Gasteiger partial charge is 0.255 e. The van der Waals surface area contributed by atoms with Gasteiger partial charge in [0.25, 0.3) is 5.91 Å². The highest BCUT2D eigenvalue weighted by Crippen LogP contribution is 2.37. The van der Waals surface area contributed by atoms with E-state index in [0.717, 1.165) is 54.6 Å². The summed E-state index contributed by atoms with van der Waals surface area (Å²) in [5.74, 6) is 0.619. The fraction of sp³-hybridized carbons (Fsp3) is 0.515. The van der Waals surface area contributed by atoms with E-state index in [9.17, 15) is 4.79 Å². The van der Waals surface area contributed by atoms with Crippen molar-refractivity contribution in [2.75, 3.05) is 6.54 Å². The van der Waals surface area contributed by atoms with Gasteiger partial charge in [-0.05, 0) is 55.2 Å². The Labute approximate surface area is 218 Å². The summed E-state index contributed by atoms with van der Waals surface area (Å²) in [6.45, 7) is 7.24. The summed E-state index contributed by atoms with van der Waals surface area (Å²) in [7, 11) is 0. The van der Waals surface area contributed by atoms with Crippen LogP contribution in [-0.2, 0) is 0 Å². The molecular formula is C33H44N2O. The number of amides is 1. The Bertz CT molecular complexity index is 1010. The van der Waals surface area contributed by atoms with E-state index in [1.165, 1.54) is 51.4 Å². The summed E-state index contributed by atoms with van der Waals surface area (Å²) in [4.78, 5) is 17.0. The third-order valence-corrected chi connectivity index (χ3v) is 8.17. The Morgan fingerprint density at radius 1 is 0.944 bits per heavy atom. The highest BCUT2D eigenvalue weighted by molar-refractivity contribution is 6.01. The Kier molecular flexibility index (Phi) is 9.87. The molecule has 0 aromatic heterocycles. The molecule has 0 spiro atoms. The molecule has 0 aliphatic heterocycles. The fourth-order valence-corrected chi connectivity index (χ4v) is 6.28. The third kappa shape index (κ3) is 6.31. The van der Waals surface area contributed by atoms with Gasteiger partial charge >= 0.3 is 0 Å². The minimum Gasteiger partial charge on any atom is -0.380 e. The zero-order chi connectivity index (χ0) is 25.2. The first-order chi connectivity index (χ1) is 17.7. The average molecular weight is 485 g/mol. The van der Waals surface area contributed by atoms with E-state index in [2.05, 4.69) is 59.8 Å². The van der Waals surface area contributed by atoms with Crippen LogP contribution < -0.4 is 5.32 Å². The lowest BCUT2D eigenvalue weighted by Gasteiger charge is -2.45. The third-order valence-electron chi connectivity index (χ3n) is 8.17. The second kappa shape index (κ2) is 13.5. The van der Waals surface area contributed by atoms with Crippen molar-refractivity contribution >= 4 is 5.91 Å². The molecule has 192 valence electrons. The minimum atomic E-state index is 0.0130. The van der Waals surface area contributed by atoms with Crippen molar-refractivity contribution < 1.29 is 4.79 Å². The lowest BCUT2D eigenvalue weighted by atomic mass is 9.80. The molecule has 3 nitrogen and oxygen atoms in total. The second-order valence-corrected chi connectivity index (χ2v) is 10.6. The summed E-state index contributed by atoms with van der Waals surface area (Å²) in [6.07, 6.45) is 14.2. The predicted molar refractivity (Wildman–Crippen MR) is 151 cm³/mol. The lowest BCUT2D eigenvalue weighted by molar-refractivity contribution is 0.0421. The van der Waals surface area contributed by atoms with Crippen molar-refractivity contribution in [2.45, 2.75) is 96.1 Å². The first-order valence-corrected chi connectivity index (χ1v) is 14.4. The zero-order valence-corrected chi connectivity index (χ0v) is 22.2. The SMILES string of the molecule is C=C=C(NCCCC)C(C1CCCCC1)N(C(=O)c1ccccc1-c1ccccc1)C1CCCCC1. The van der Waals surface area contributed by atoms with E-state index >= 15 is 0 Å². The van der Waals surface area contributed by atoms with Crippen LogP contribution in [-0.4, -0.2) is 29.4 Å². The van der Waals surface area contributed by atoms with E-state index in [1.54, 1.807) is 0 Å². The lowest BCUT2D eigenvalue weighted by Crippen LogP contribution is -2.54. The van der Waals surface area contributed by atoms with Crippen LogP contribution in [0.25, 0.3) is 11.1 Å². The molecule has 0 radical (unpaired) electrons. The molecule has 4 rings (SSSR count). The van der Waals surface area contributed by atoms with E-state index in [1.807, 2.05) is 24.3 Å². The van der Waals surface area contributed by atoms with Gasteiger partial charge in [-0.15, -0.1) is 5.73 Å². The minimum absolute atomic E-state index is 0.0130.